The van der Waals surface area contributed by atoms with E-state index in [1.807, 2.05) is 31.5 Å². The summed E-state index contributed by atoms with van der Waals surface area (Å²) in [4.78, 5) is 4.25. The van der Waals surface area contributed by atoms with Crippen LogP contribution in [0, 0.1) is 6.92 Å². The summed E-state index contributed by atoms with van der Waals surface area (Å²) in [6, 6.07) is 8.43. The fraction of sp³-hybridized carbons (Fsp3) is 0.400. The zero-order chi connectivity index (χ0) is 13.7. The third kappa shape index (κ3) is 4.08. The Labute approximate surface area is 119 Å². The van der Waals surface area contributed by atoms with Crippen molar-refractivity contribution in [1.82, 2.24) is 14.9 Å². The Morgan fingerprint density at radius 1 is 1.32 bits per heavy atom. The molecule has 0 aliphatic rings. The lowest BCUT2D eigenvalue weighted by Gasteiger charge is -2.15. The molecule has 0 fully saturated rings. The highest BCUT2D eigenvalue weighted by molar-refractivity contribution is 6.30. The van der Waals surface area contributed by atoms with E-state index in [-0.39, 0.29) is 0 Å². The molecule has 1 aromatic heterocycles. The highest BCUT2D eigenvalue weighted by Crippen LogP contribution is 2.12. The Kier molecular flexibility index (Phi) is 5.00. The summed E-state index contributed by atoms with van der Waals surface area (Å²) < 4.78 is 2.21. The van der Waals surface area contributed by atoms with Gasteiger partial charge in [-0.15, -0.1) is 0 Å². The predicted molar refractivity (Wildman–Crippen MR) is 79.5 cm³/mol. The van der Waals surface area contributed by atoms with Crippen molar-refractivity contribution in [3.63, 3.8) is 0 Å². The van der Waals surface area contributed by atoms with Crippen LogP contribution in [0.2, 0.25) is 5.02 Å². The van der Waals surface area contributed by atoms with Crippen LogP contribution in [0.4, 0.5) is 0 Å². The number of nitrogens with zero attached hydrogens (tertiary/aromatic N) is 2. The first kappa shape index (κ1) is 14.1. The number of aryl methyl sites for hydroxylation is 1. The molecule has 1 unspecified atom stereocenters. The van der Waals surface area contributed by atoms with Gasteiger partial charge in [-0.2, -0.15) is 0 Å². The number of imidazole rings is 1. The Hall–Kier alpha value is -1.32. The Morgan fingerprint density at radius 3 is 2.68 bits per heavy atom. The van der Waals surface area contributed by atoms with E-state index < -0.39 is 0 Å². The minimum absolute atomic E-state index is 0.472. The van der Waals surface area contributed by atoms with Crippen molar-refractivity contribution in [2.45, 2.75) is 32.9 Å². The first-order valence-electron chi connectivity index (χ1n) is 6.61. The highest BCUT2D eigenvalue weighted by atomic mass is 35.5. The van der Waals surface area contributed by atoms with E-state index in [2.05, 4.69) is 33.9 Å². The van der Waals surface area contributed by atoms with Gasteiger partial charge in [0.25, 0.3) is 0 Å². The standard InChI is InChI=1S/C15H20ClN3/c1-12(19-10-9-18-13(19)2)7-8-17-11-14-3-5-15(16)6-4-14/h3-6,9-10,12,17H,7-8,11H2,1-2H3. The number of benzene rings is 1. The maximum absolute atomic E-state index is 5.86. The lowest BCUT2D eigenvalue weighted by molar-refractivity contribution is 0.474. The SMILES string of the molecule is Cc1nccn1C(C)CCNCc1ccc(Cl)cc1. The number of nitrogens with one attached hydrogen (secondary N) is 1. The first-order valence-corrected chi connectivity index (χ1v) is 6.99. The van der Waals surface area contributed by atoms with Crippen LogP contribution in [0.1, 0.15) is 30.8 Å². The average Bonchev–Trinajstić information content (AvgIpc) is 2.83. The molecule has 1 heterocycles. The summed E-state index contributed by atoms with van der Waals surface area (Å²) in [5, 5.41) is 4.24. The molecular weight excluding hydrogens is 258 g/mol. The third-order valence-corrected chi connectivity index (χ3v) is 3.57. The van der Waals surface area contributed by atoms with Crippen molar-refractivity contribution >= 4 is 11.6 Å². The molecule has 4 heteroatoms. The molecule has 0 spiro atoms. The number of rotatable bonds is 6. The molecule has 102 valence electrons. The third-order valence-electron chi connectivity index (χ3n) is 3.32. The summed E-state index contributed by atoms with van der Waals surface area (Å²) in [5.74, 6) is 1.07. The van der Waals surface area contributed by atoms with Crippen molar-refractivity contribution < 1.29 is 0 Å². The van der Waals surface area contributed by atoms with Crippen LogP contribution in [0.5, 0.6) is 0 Å². The molecule has 3 nitrogen and oxygen atoms in total. The van der Waals surface area contributed by atoms with Gasteiger partial charge in [0.1, 0.15) is 5.82 Å². The maximum atomic E-state index is 5.86. The summed E-state index contributed by atoms with van der Waals surface area (Å²) in [6.07, 6.45) is 4.98. The monoisotopic (exact) mass is 277 g/mol. The van der Waals surface area contributed by atoms with Gasteiger partial charge in [0.05, 0.1) is 0 Å². The van der Waals surface area contributed by atoms with Crippen molar-refractivity contribution in [2.24, 2.45) is 0 Å². The molecule has 0 saturated carbocycles. The Bertz CT molecular complexity index is 504. The van der Waals surface area contributed by atoms with Crippen LogP contribution >= 0.6 is 11.6 Å². The zero-order valence-corrected chi connectivity index (χ0v) is 12.2. The lowest BCUT2D eigenvalue weighted by atomic mass is 10.2. The highest BCUT2D eigenvalue weighted by Gasteiger charge is 2.06. The minimum atomic E-state index is 0.472. The molecule has 0 aliphatic carbocycles. The largest absolute Gasteiger partial charge is 0.332 e. The van der Waals surface area contributed by atoms with Gasteiger partial charge in [-0.25, -0.2) is 4.98 Å². The average molecular weight is 278 g/mol. The second kappa shape index (κ2) is 6.73. The van der Waals surface area contributed by atoms with Gasteiger partial charge in [0, 0.05) is 30.0 Å². The fourth-order valence-corrected chi connectivity index (χ4v) is 2.26. The van der Waals surface area contributed by atoms with Crippen LogP contribution in [0.25, 0.3) is 0 Å². The van der Waals surface area contributed by atoms with E-state index in [9.17, 15) is 0 Å². The van der Waals surface area contributed by atoms with Gasteiger partial charge in [-0.1, -0.05) is 23.7 Å². The van der Waals surface area contributed by atoms with E-state index in [1.165, 1.54) is 5.56 Å². The summed E-state index contributed by atoms with van der Waals surface area (Å²) >= 11 is 5.86. The second-order valence-electron chi connectivity index (χ2n) is 4.82. The molecule has 0 radical (unpaired) electrons. The zero-order valence-electron chi connectivity index (χ0n) is 11.4. The topological polar surface area (TPSA) is 29.9 Å². The van der Waals surface area contributed by atoms with E-state index in [4.69, 9.17) is 11.6 Å². The molecule has 19 heavy (non-hydrogen) atoms. The molecule has 2 rings (SSSR count). The van der Waals surface area contributed by atoms with E-state index in [0.29, 0.717) is 6.04 Å². The first-order chi connectivity index (χ1) is 9.16. The van der Waals surface area contributed by atoms with Crippen LogP contribution in [-0.4, -0.2) is 16.1 Å². The smallest absolute Gasteiger partial charge is 0.105 e. The minimum Gasteiger partial charge on any atom is -0.332 e. The van der Waals surface area contributed by atoms with Crippen molar-refractivity contribution in [2.75, 3.05) is 6.54 Å². The molecule has 1 atom stereocenters. The second-order valence-corrected chi connectivity index (χ2v) is 5.26. The molecule has 1 aromatic carbocycles. The number of aromatic nitrogens is 2. The van der Waals surface area contributed by atoms with Gasteiger partial charge >= 0.3 is 0 Å². The number of halogens is 1. The molecule has 0 aliphatic heterocycles. The van der Waals surface area contributed by atoms with Crippen LogP contribution in [-0.2, 0) is 6.54 Å². The van der Waals surface area contributed by atoms with E-state index in [1.54, 1.807) is 0 Å². The van der Waals surface area contributed by atoms with Crippen molar-refractivity contribution in [1.29, 1.82) is 0 Å². The molecular formula is C15H20ClN3. The van der Waals surface area contributed by atoms with E-state index in [0.717, 1.165) is 30.4 Å². The van der Waals surface area contributed by atoms with Crippen LogP contribution < -0.4 is 5.32 Å². The van der Waals surface area contributed by atoms with Gasteiger partial charge < -0.3 is 9.88 Å². The molecule has 0 bridgehead atoms. The Balaban J connectivity index is 1.72. The summed E-state index contributed by atoms with van der Waals surface area (Å²) in [6.45, 7) is 6.13. The van der Waals surface area contributed by atoms with Gasteiger partial charge in [-0.3, -0.25) is 0 Å². The normalized spacial score (nSPS) is 12.6. The Morgan fingerprint density at radius 2 is 2.05 bits per heavy atom. The predicted octanol–water partition coefficient (Wildman–Crippen LogP) is 3.59. The lowest BCUT2D eigenvalue weighted by Crippen LogP contribution is -2.18. The van der Waals surface area contributed by atoms with Crippen LogP contribution in [0.15, 0.2) is 36.7 Å². The molecule has 0 amide bonds. The number of hydrogen-bond donors (Lipinski definition) is 1. The maximum Gasteiger partial charge on any atom is 0.105 e. The van der Waals surface area contributed by atoms with Gasteiger partial charge in [0.15, 0.2) is 0 Å². The molecule has 1 N–H and O–H groups in total. The van der Waals surface area contributed by atoms with E-state index >= 15 is 0 Å². The molecule has 0 saturated heterocycles. The summed E-state index contributed by atoms with van der Waals surface area (Å²) in [5.41, 5.74) is 1.26. The number of hydrogen-bond acceptors (Lipinski definition) is 2. The quantitative estimate of drug-likeness (QED) is 0.818. The van der Waals surface area contributed by atoms with Crippen molar-refractivity contribution in [3.05, 3.63) is 53.1 Å². The van der Waals surface area contributed by atoms with Gasteiger partial charge in [0.2, 0.25) is 0 Å². The fourth-order valence-electron chi connectivity index (χ4n) is 2.14. The summed E-state index contributed by atoms with van der Waals surface area (Å²) in [7, 11) is 0. The molecule has 2 aromatic rings. The van der Waals surface area contributed by atoms with Crippen molar-refractivity contribution in [3.8, 4) is 0 Å². The van der Waals surface area contributed by atoms with Gasteiger partial charge in [-0.05, 0) is 44.5 Å². The van der Waals surface area contributed by atoms with Crippen LogP contribution in [0.3, 0.4) is 0 Å².